The summed E-state index contributed by atoms with van der Waals surface area (Å²) < 4.78 is 0. The second-order valence-corrected chi connectivity index (χ2v) is 8.49. The molecule has 1 heterocycles. The summed E-state index contributed by atoms with van der Waals surface area (Å²) in [5.41, 5.74) is 5.02. The molecule has 2 aromatic rings. The van der Waals surface area contributed by atoms with Crippen molar-refractivity contribution in [2.24, 2.45) is 0 Å². The zero-order chi connectivity index (χ0) is 20.6. The number of nitrogens with one attached hydrogen (secondary N) is 1. The second kappa shape index (κ2) is 10.8. The van der Waals surface area contributed by atoms with E-state index in [1.807, 2.05) is 30.3 Å². The molecular weight excluding hydrogens is 398 g/mol. The zero-order valence-corrected chi connectivity index (χ0v) is 18.7. The first kappa shape index (κ1) is 21.8. The minimum atomic E-state index is 0.726. The lowest BCUT2D eigenvalue weighted by Gasteiger charge is -2.21. The highest BCUT2D eigenvalue weighted by Crippen LogP contribution is 2.30. The van der Waals surface area contributed by atoms with Crippen LogP contribution in [0.3, 0.4) is 0 Å². The van der Waals surface area contributed by atoms with Crippen molar-refractivity contribution >= 4 is 40.3 Å². The number of halogens is 1. The summed E-state index contributed by atoms with van der Waals surface area (Å²) in [5, 5.41) is 4.79. The first-order valence-corrected chi connectivity index (χ1v) is 11.1. The van der Waals surface area contributed by atoms with Gasteiger partial charge in [0.15, 0.2) is 5.11 Å². The summed E-state index contributed by atoms with van der Waals surface area (Å²) in [6.45, 7) is 6.83. The highest BCUT2D eigenvalue weighted by molar-refractivity contribution is 7.80. The van der Waals surface area contributed by atoms with Crippen LogP contribution in [0.1, 0.15) is 30.4 Å². The molecule has 0 aromatic heterocycles. The average Bonchev–Trinajstić information content (AvgIpc) is 3.13. The van der Waals surface area contributed by atoms with Gasteiger partial charge in [0, 0.05) is 29.5 Å². The van der Waals surface area contributed by atoms with E-state index in [4.69, 9.17) is 23.8 Å². The van der Waals surface area contributed by atoms with Gasteiger partial charge in [-0.2, -0.15) is 0 Å². The van der Waals surface area contributed by atoms with Crippen LogP contribution in [0, 0.1) is 0 Å². The highest BCUT2D eigenvalue weighted by Gasteiger charge is 2.22. The number of thiocarbonyl (C=S) groups is 1. The maximum absolute atomic E-state index is 5.96. The number of nitrogens with zero attached hydrogens (tertiary/aromatic N) is 2. The van der Waals surface area contributed by atoms with Gasteiger partial charge in [0.25, 0.3) is 0 Å². The molecule has 154 valence electrons. The van der Waals surface area contributed by atoms with Gasteiger partial charge in [0.1, 0.15) is 0 Å². The van der Waals surface area contributed by atoms with E-state index in [0.29, 0.717) is 0 Å². The second-order valence-electron chi connectivity index (χ2n) is 7.66. The van der Waals surface area contributed by atoms with E-state index in [9.17, 15) is 0 Å². The lowest BCUT2D eigenvalue weighted by Crippen LogP contribution is -2.33. The summed E-state index contributed by atoms with van der Waals surface area (Å²) in [5.74, 6) is 0. The number of aryl methyl sites for hydroxylation is 1. The van der Waals surface area contributed by atoms with Crippen LogP contribution in [0.2, 0.25) is 5.02 Å². The predicted molar refractivity (Wildman–Crippen MR) is 130 cm³/mol. The molecule has 0 amide bonds. The van der Waals surface area contributed by atoms with Crippen molar-refractivity contribution < 1.29 is 0 Å². The zero-order valence-electron chi connectivity index (χ0n) is 17.2. The highest BCUT2D eigenvalue weighted by atomic mass is 35.5. The van der Waals surface area contributed by atoms with E-state index >= 15 is 0 Å². The van der Waals surface area contributed by atoms with E-state index < -0.39 is 0 Å². The number of benzene rings is 2. The summed E-state index contributed by atoms with van der Waals surface area (Å²) in [6, 6.07) is 14.5. The Labute approximate surface area is 185 Å². The van der Waals surface area contributed by atoms with Crippen LogP contribution in [0.5, 0.6) is 0 Å². The Morgan fingerprint density at radius 1 is 1.21 bits per heavy atom. The van der Waals surface area contributed by atoms with Gasteiger partial charge in [0.2, 0.25) is 0 Å². The molecule has 0 saturated carbocycles. The molecule has 0 unspecified atom stereocenters. The van der Waals surface area contributed by atoms with Crippen LogP contribution < -0.4 is 10.2 Å². The van der Waals surface area contributed by atoms with E-state index in [1.165, 1.54) is 36.1 Å². The van der Waals surface area contributed by atoms with Gasteiger partial charge in [-0.1, -0.05) is 36.2 Å². The first-order valence-electron chi connectivity index (χ1n) is 10.3. The largest absolute Gasteiger partial charge is 0.332 e. The number of unbranched alkanes of at least 4 members (excludes halogenated alkanes) is 2. The van der Waals surface area contributed by atoms with Crippen LogP contribution in [0.25, 0.3) is 0 Å². The van der Waals surface area contributed by atoms with Crippen molar-refractivity contribution in [1.82, 2.24) is 4.90 Å². The predicted octanol–water partition coefficient (Wildman–Crippen LogP) is 5.93. The summed E-state index contributed by atoms with van der Waals surface area (Å²) in [7, 11) is 2.15. The van der Waals surface area contributed by atoms with Crippen molar-refractivity contribution in [3.63, 3.8) is 0 Å². The topological polar surface area (TPSA) is 18.5 Å². The normalized spacial score (nSPS) is 12.9. The van der Waals surface area contributed by atoms with Gasteiger partial charge in [0.05, 0.1) is 0 Å². The Bertz CT molecular complexity index is 835. The average molecular weight is 428 g/mol. The third kappa shape index (κ3) is 6.30. The lowest BCUT2D eigenvalue weighted by molar-refractivity contribution is 0.358. The number of hydrogen-bond acceptors (Lipinski definition) is 2. The molecule has 5 heteroatoms. The minimum Gasteiger partial charge on any atom is -0.332 e. The summed E-state index contributed by atoms with van der Waals surface area (Å²) in [4.78, 5) is 4.51. The lowest BCUT2D eigenvalue weighted by atomic mass is 10.0. The van der Waals surface area contributed by atoms with E-state index in [0.717, 1.165) is 48.3 Å². The van der Waals surface area contributed by atoms with E-state index in [2.05, 4.69) is 46.9 Å². The van der Waals surface area contributed by atoms with Crippen molar-refractivity contribution in [3.05, 3.63) is 71.3 Å². The Kier molecular flexibility index (Phi) is 8.10. The third-order valence-electron chi connectivity index (χ3n) is 5.33. The van der Waals surface area contributed by atoms with Gasteiger partial charge in [-0.15, -0.1) is 6.58 Å². The van der Waals surface area contributed by atoms with Crippen molar-refractivity contribution in [2.45, 2.75) is 32.1 Å². The molecule has 2 aromatic carbocycles. The SMILES string of the molecule is C=CCN(C)CCCCCc1ccc2c(c1)CCN2C(=S)Nc1ccc(Cl)cc1. The van der Waals surface area contributed by atoms with Gasteiger partial charge in [-0.05, 0) is 93.0 Å². The van der Waals surface area contributed by atoms with Crippen LogP contribution in [-0.2, 0) is 12.8 Å². The molecule has 0 aliphatic carbocycles. The van der Waals surface area contributed by atoms with Crippen molar-refractivity contribution in [1.29, 1.82) is 0 Å². The quantitative estimate of drug-likeness (QED) is 0.303. The van der Waals surface area contributed by atoms with E-state index in [-0.39, 0.29) is 0 Å². The van der Waals surface area contributed by atoms with Crippen molar-refractivity contribution in [3.8, 4) is 0 Å². The maximum atomic E-state index is 5.96. The van der Waals surface area contributed by atoms with Crippen LogP contribution in [-0.4, -0.2) is 36.7 Å². The molecule has 0 saturated heterocycles. The Morgan fingerprint density at radius 3 is 2.76 bits per heavy atom. The Morgan fingerprint density at radius 2 is 2.00 bits per heavy atom. The number of likely N-dealkylation sites (N-methyl/N-ethyl adjacent to an activating group) is 1. The number of fused-ring (bicyclic) bond motifs is 1. The molecule has 1 aliphatic heterocycles. The Balaban J connectivity index is 1.49. The number of hydrogen-bond donors (Lipinski definition) is 1. The van der Waals surface area contributed by atoms with Gasteiger partial charge in [-0.25, -0.2) is 0 Å². The maximum Gasteiger partial charge on any atom is 0.177 e. The summed E-state index contributed by atoms with van der Waals surface area (Å²) >= 11 is 11.6. The molecule has 0 spiro atoms. The fraction of sp³-hybridized carbons (Fsp3) is 0.375. The molecular formula is C24H30ClN3S. The van der Waals surface area contributed by atoms with Gasteiger partial charge < -0.3 is 15.1 Å². The molecule has 1 N–H and O–H groups in total. The fourth-order valence-corrected chi connectivity index (χ4v) is 4.18. The molecule has 29 heavy (non-hydrogen) atoms. The smallest absolute Gasteiger partial charge is 0.177 e. The molecule has 3 rings (SSSR count). The minimum absolute atomic E-state index is 0.726. The van der Waals surface area contributed by atoms with Crippen LogP contribution in [0.15, 0.2) is 55.1 Å². The number of rotatable bonds is 9. The Hall–Kier alpha value is -1.88. The fourth-order valence-electron chi connectivity index (χ4n) is 3.75. The first-order chi connectivity index (χ1) is 14.1. The van der Waals surface area contributed by atoms with Gasteiger partial charge >= 0.3 is 0 Å². The molecule has 0 fully saturated rings. The van der Waals surface area contributed by atoms with Gasteiger partial charge in [-0.3, -0.25) is 0 Å². The molecule has 0 atom stereocenters. The summed E-state index contributed by atoms with van der Waals surface area (Å²) in [6.07, 6.45) is 7.89. The van der Waals surface area contributed by atoms with Crippen LogP contribution in [0.4, 0.5) is 11.4 Å². The molecule has 3 nitrogen and oxygen atoms in total. The molecule has 1 aliphatic rings. The van der Waals surface area contributed by atoms with Crippen LogP contribution >= 0.6 is 23.8 Å². The van der Waals surface area contributed by atoms with E-state index in [1.54, 1.807) is 0 Å². The molecule has 0 bridgehead atoms. The monoisotopic (exact) mass is 427 g/mol. The standard InChI is InChI=1S/C24H30ClN3S/c1-3-15-27(2)16-6-4-5-7-19-8-13-23-20(18-19)14-17-28(23)24(29)26-22-11-9-21(25)10-12-22/h3,8-13,18H,1,4-7,14-17H2,2H3,(H,26,29). The number of anilines is 2. The molecule has 0 radical (unpaired) electrons. The third-order valence-corrected chi connectivity index (χ3v) is 5.90. The van der Waals surface area contributed by atoms with Crippen molar-refractivity contribution in [2.75, 3.05) is 36.9 Å².